The molecule has 2 aliphatic heterocycles. The molecule has 178 valence electrons. The van der Waals surface area contributed by atoms with Gasteiger partial charge in [-0.2, -0.15) is 5.10 Å². The van der Waals surface area contributed by atoms with Gasteiger partial charge in [0.1, 0.15) is 24.6 Å². The van der Waals surface area contributed by atoms with E-state index in [1.54, 1.807) is 16.0 Å². The normalized spacial score (nSPS) is 28.4. The summed E-state index contributed by atoms with van der Waals surface area (Å²) < 4.78 is 20.9. The van der Waals surface area contributed by atoms with Crippen molar-refractivity contribution in [3.8, 4) is 5.69 Å². The van der Waals surface area contributed by atoms with E-state index in [-0.39, 0.29) is 6.61 Å². The first-order chi connectivity index (χ1) is 17.1. The van der Waals surface area contributed by atoms with Crippen LogP contribution in [0.15, 0.2) is 60.0 Å². The van der Waals surface area contributed by atoms with Gasteiger partial charge in [-0.1, -0.05) is 35.4 Å². The van der Waals surface area contributed by atoms with Gasteiger partial charge in [-0.15, -0.1) is 11.3 Å². The summed E-state index contributed by atoms with van der Waals surface area (Å²) in [6.07, 6.45) is -2.65. The van der Waals surface area contributed by atoms with Crippen molar-refractivity contribution in [2.75, 3.05) is 6.61 Å². The maximum atomic E-state index is 11.3. The van der Waals surface area contributed by atoms with Crippen molar-refractivity contribution < 1.29 is 19.3 Å². The van der Waals surface area contributed by atoms with Crippen LogP contribution in [0.1, 0.15) is 28.8 Å². The summed E-state index contributed by atoms with van der Waals surface area (Å²) in [5.41, 5.74) is 11.7. The molecule has 0 bridgehead atoms. The molecule has 2 aromatic heterocycles. The van der Waals surface area contributed by atoms with Crippen LogP contribution in [0, 0.1) is 6.92 Å². The van der Waals surface area contributed by atoms with Gasteiger partial charge in [-0.3, -0.25) is 0 Å². The minimum atomic E-state index is -1.21. The molecule has 12 heteroatoms. The number of rotatable bonds is 4. The van der Waals surface area contributed by atoms with Crippen LogP contribution in [0.3, 0.4) is 0 Å². The highest BCUT2D eigenvalue weighted by molar-refractivity contribution is 7.18. The number of hydrogen-bond donors (Lipinski definition) is 1. The fraction of sp³-hybridized carbons (Fsp3) is 0.348. The molecular formula is C23H21N7O4S. The van der Waals surface area contributed by atoms with Crippen LogP contribution < -0.4 is 0 Å². The number of ether oxygens (including phenoxy) is 3. The number of fused-ring (bicyclic) bond motifs is 2. The molecule has 2 saturated heterocycles. The molecule has 0 aliphatic carbocycles. The third-order valence-electron chi connectivity index (χ3n) is 6.19. The fourth-order valence-electron chi connectivity index (χ4n) is 4.60. The second kappa shape index (κ2) is 9.00. The predicted molar refractivity (Wildman–Crippen MR) is 126 cm³/mol. The summed E-state index contributed by atoms with van der Waals surface area (Å²) in [7, 11) is 0. The average molecular weight is 492 g/mol. The quantitative estimate of drug-likeness (QED) is 0.260. The summed E-state index contributed by atoms with van der Waals surface area (Å²) in [6.45, 7) is 2.16. The number of aromatic nitrogens is 4. The number of azide groups is 1. The highest BCUT2D eigenvalue weighted by Gasteiger charge is 2.50. The number of aryl methyl sites for hydroxylation is 1. The SMILES string of the molecule is Cc1nc2cc(-n3ncnc3[C@@H]3O[C@@H]4COC(c5ccccc5)O[C@@H]4[C@H](N=[N+]=[N-])[C@H]3O)ccc2s1. The fourth-order valence-corrected chi connectivity index (χ4v) is 5.41. The zero-order chi connectivity index (χ0) is 23.9. The van der Waals surface area contributed by atoms with Crippen molar-refractivity contribution in [3.05, 3.63) is 81.7 Å². The molecule has 2 aromatic carbocycles. The molecule has 4 aromatic rings. The van der Waals surface area contributed by atoms with Gasteiger partial charge in [0.15, 0.2) is 12.1 Å². The molecule has 6 atom stereocenters. The molecule has 0 spiro atoms. The third kappa shape index (κ3) is 3.96. The van der Waals surface area contributed by atoms with Gasteiger partial charge >= 0.3 is 0 Å². The van der Waals surface area contributed by atoms with Crippen LogP contribution in [-0.2, 0) is 14.2 Å². The van der Waals surface area contributed by atoms with Gasteiger partial charge in [-0.05, 0) is 30.7 Å². The van der Waals surface area contributed by atoms with Crippen molar-refractivity contribution in [3.63, 3.8) is 0 Å². The van der Waals surface area contributed by atoms with Crippen molar-refractivity contribution in [2.45, 2.75) is 43.7 Å². The van der Waals surface area contributed by atoms with Crippen molar-refractivity contribution in [1.29, 1.82) is 0 Å². The molecule has 11 nitrogen and oxygen atoms in total. The number of nitrogens with zero attached hydrogens (tertiary/aromatic N) is 7. The van der Waals surface area contributed by atoms with Crippen molar-refractivity contribution >= 4 is 21.6 Å². The maximum Gasteiger partial charge on any atom is 0.184 e. The Bertz CT molecular complexity index is 1400. The topological polar surface area (TPSA) is 140 Å². The van der Waals surface area contributed by atoms with E-state index in [0.29, 0.717) is 5.82 Å². The summed E-state index contributed by atoms with van der Waals surface area (Å²) in [5.74, 6) is 0.380. The zero-order valence-corrected chi connectivity index (χ0v) is 19.4. The van der Waals surface area contributed by atoms with Crippen LogP contribution >= 0.6 is 11.3 Å². The van der Waals surface area contributed by atoms with E-state index >= 15 is 0 Å². The van der Waals surface area contributed by atoms with Crippen molar-refractivity contribution in [1.82, 2.24) is 19.7 Å². The van der Waals surface area contributed by atoms with E-state index in [9.17, 15) is 10.6 Å². The average Bonchev–Trinajstić information content (AvgIpc) is 3.51. The van der Waals surface area contributed by atoms with Gasteiger partial charge in [0.25, 0.3) is 0 Å². The number of hydrogen-bond acceptors (Lipinski definition) is 9. The minimum absolute atomic E-state index is 0.198. The summed E-state index contributed by atoms with van der Waals surface area (Å²) in [5, 5.41) is 20.5. The van der Waals surface area contributed by atoms with Crippen LogP contribution in [-0.4, -0.2) is 55.8 Å². The summed E-state index contributed by atoms with van der Waals surface area (Å²) in [4.78, 5) is 11.9. The Balaban J connectivity index is 1.32. The van der Waals surface area contributed by atoms with E-state index in [1.165, 1.54) is 6.33 Å². The lowest BCUT2D eigenvalue weighted by Crippen LogP contribution is -2.58. The van der Waals surface area contributed by atoms with Crippen LogP contribution in [0.2, 0.25) is 0 Å². The maximum absolute atomic E-state index is 11.3. The highest BCUT2D eigenvalue weighted by Crippen LogP contribution is 2.40. The molecule has 2 aliphatic rings. The van der Waals surface area contributed by atoms with Crippen LogP contribution in [0.4, 0.5) is 0 Å². The number of thiazole rings is 1. The lowest BCUT2D eigenvalue weighted by Gasteiger charge is -2.46. The van der Waals surface area contributed by atoms with Gasteiger partial charge in [-0.25, -0.2) is 14.6 Å². The number of benzene rings is 2. The molecule has 2 fully saturated rings. The predicted octanol–water partition coefficient (Wildman–Crippen LogP) is 3.78. The molecule has 0 radical (unpaired) electrons. The summed E-state index contributed by atoms with van der Waals surface area (Å²) in [6, 6.07) is 14.3. The monoisotopic (exact) mass is 491 g/mol. The van der Waals surface area contributed by atoms with E-state index in [4.69, 9.17) is 14.2 Å². The Morgan fingerprint density at radius 1 is 1.20 bits per heavy atom. The van der Waals surface area contributed by atoms with Crippen molar-refractivity contribution in [2.24, 2.45) is 5.11 Å². The lowest BCUT2D eigenvalue weighted by atomic mass is 9.91. The number of aliphatic hydroxyl groups is 1. The third-order valence-corrected chi connectivity index (χ3v) is 7.14. The van der Waals surface area contributed by atoms with Gasteiger partial charge < -0.3 is 19.3 Å². The molecule has 1 N–H and O–H groups in total. The van der Waals surface area contributed by atoms with E-state index in [0.717, 1.165) is 26.5 Å². The van der Waals surface area contributed by atoms with E-state index in [2.05, 4.69) is 25.1 Å². The summed E-state index contributed by atoms with van der Waals surface area (Å²) >= 11 is 1.61. The molecule has 35 heavy (non-hydrogen) atoms. The van der Waals surface area contributed by atoms with Gasteiger partial charge in [0, 0.05) is 10.5 Å². The second-order valence-electron chi connectivity index (χ2n) is 8.37. The standard InChI is InChI=1S/C23H21N7O4S/c1-12-27-15-9-14(7-8-17(15)35-12)30-22(25-11-26-30)21-19(31)18(28-29-24)20-16(33-21)10-32-23(34-20)13-5-3-2-4-6-13/h2-9,11,16,18-21,23,31H,10H2,1H3/t16-,18-,19-,20+,21-,23?/m1/s1. The Kier molecular flexibility index (Phi) is 5.69. The largest absolute Gasteiger partial charge is 0.389 e. The van der Waals surface area contributed by atoms with E-state index in [1.807, 2.05) is 55.5 Å². The number of aliphatic hydroxyl groups excluding tert-OH is 1. The first-order valence-electron chi connectivity index (χ1n) is 11.1. The lowest BCUT2D eigenvalue weighted by molar-refractivity contribution is -0.309. The second-order valence-corrected chi connectivity index (χ2v) is 9.61. The first kappa shape index (κ1) is 22.1. The zero-order valence-electron chi connectivity index (χ0n) is 18.6. The molecule has 6 rings (SSSR count). The molecular weight excluding hydrogens is 470 g/mol. The van der Waals surface area contributed by atoms with E-state index < -0.39 is 36.7 Å². The van der Waals surface area contributed by atoms with Crippen LogP contribution in [0.25, 0.3) is 26.3 Å². The molecule has 0 saturated carbocycles. The van der Waals surface area contributed by atoms with Crippen LogP contribution in [0.5, 0.6) is 0 Å². The Morgan fingerprint density at radius 3 is 2.89 bits per heavy atom. The molecule has 0 amide bonds. The highest BCUT2D eigenvalue weighted by atomic mass is 32.1. The first-order valence-corrected chi connectivity index (χ1v) is 11.9. The van der Waals surface area contributed by atoms with Gasteiger partial charge in [0.05, 0.1) is 39.7 Å². The van der Waals surface area contributed by atoms with Gasteiger partial charge in [0.2, 0.25) is 0 Å². The Labute approximate surface area is 203 Å². The smallest absolute Gasteiger partial charge is 0.184 e. The minimum Gasteiger partial charge on any atom is -0.389 e. The molecule has 1 unspecified atom stereocenters. The molecule has 4 heterocycles. The Morgan fingerprint density at radius 2 is 2.06 bits per heavy atom. The Hall–Kier alpha value is -3.38.